The van der Waals surface area contributed by atoms with E-state index >= 15 is 0 Å². The first-order chi connectivity index (χ1) is 12.8. The summed E-state index contributed by atoms with van der Waals surface area (Å²) in [5.41, 5.74) is 3.24. The summed E-state index contributed by atoms with van der Waals surface area (Å²) in [6.07, 6.45) is 2.48. The smallest absolute Gasteiger partial charge is 0.274 e. The van der Waals surface area contributed by atoms with Crippen molar-refractivity contribution in [3.8, 4) is 11.3 Å². The number of amides is 1. The Morgan fingerprint density at radius 1 is 1.30 bits per heavy atom. The van der Waals surface area contributed by atoms with Gasteiger partial charge in [-0.15, -0.1) is 0 Å². The summed E-state index contributed by atoms with van der Waals surface area (Å²) in [6.45, 7) is 4.78. The topological polar surface area (TPSA) is 72.3 Å². The van der Waals surface area contributed by atoms with E-state index in [1.54, 1.807) is 22.7 Å². The van der Waals surface area contributed by atoms with Gasteiger partial charge in [-0.2, -0.15) is 5.10 Å². The van der Waals surface area contributed by atoms with E-state index in [2.05, 4.69) is 12.0 Å². The second kappa shape index (κ2) is 7.84. The fourth-order valence-corrected chi connectivity index (χ4v) is 5.07. The SMILES string of the molecule is CCCCN(C)C(=O)c1cc(-c2ccc(C)cc2)n(C2CCS(=O)(=O)C2)n1. The largest absolute Gasteiger partial charge is 0.340 e. The third-order valence-electron chi connectivity index (χ3n) is 5.05. The number of unbranched alkanes of at least 4 members (excludes halogenated alkanes) is 1. The van der Waals surface area contributed by atoms with Crippen LogP contribution in [0.5, 0.6) is 0 Å². The number of rotatable bonds is 6. The van der Waals surface area contributed by atoms with E-state index in [1.807, 2.05) is 31.2 Å². The first-order valence-electron chi connectivity index (χ1n) is 9.43. The summed E-state index contributed by atoms with van der Waals surface area (Å²) in [6, 6.07) is 9.55. The van der Waals surface area contributed by atoms with Crippen molar-refractivity contribution in [1.82, 2.24) is 14.7 Å². The van der Waals surface area contributed by atoms with E-state index in [1.165, 1.54) is 0 Å². The van der Waals surface area contributed by atoms with Gasteiger partial charge in [-0.1, -0.05) is 43.2 Å². The zero-order chi connectivity index (χ0) is 19.6. The van der Waals surface area contributed by atoms with Crippen molar-refractivity contribution in [3.63, 3.8) is 0 Å². The highest BCUT2D eigenvalue weighted by atomic mass is 32.2. The summed E-state index contributed by atoms with van der Waals surface area (Å²) in [7, 11) is -1.26. The van der Waals surface area contributed by atoms with Crippen LogP contribution in [0.2, 0.25) is 0 Å². The molecule has 0 saturated carbocycles. The van der Waals surface area contributed by atoms with E-state index in [9.17, 15) is 13.2 Å². The van der Waals surface area contributed by atoms with Crippen molar-refractivity contribution in [3.05, 3.63) is 41.6 Å². The molecule has 3 rings (SSSR count). The molecule has 0 spiro atoms. The molecule has 27 heavy (non-hydrogen) atoms. The first-order valence-corrected chi connectivity index (χ1v) is 11.3. The summed E-state index contributed by atoms with van der Waals surface area (Å²) < 4.78 is 25.7. The maximum Gasteiger partial charge on any atom is 0.274 e. The Hall–Kier alpha value is -2.15. The molecule has 1 aliphatic heterocycles. The van der Waals surface area contributed by atoms with Crippen molar-refractivity contribution in [2.45, 2.75) is 39.2 Å². The van der Waals surface area contributed by atoms with E-state index in [0.717, 1.165) is 29.7 Å². The third-order valence-corrected chi connectivity index (χ3v) is 6.80. The van der Waals surface area contributed by atoms with E-state index < -0.39 is 9.84 Å². The maximum absolute atomic E-state index is 12.8. The summed E-state index contributed by atoms with van der Waals surface area (Å²) in [5, 5.41) is 4.55. The van der Waals surface area contributed by atoms with Crippen LogP contribution in [-0.4, -0.2) is 54.1 Å². The molecule has 7 heteroatoms. The molecular weight excluding hydrogens is 362 g/mol. The second-order valence-corrected chi connectivity index (χ2v) is 9.59. The van der Waals surface area contributed by atoms with Crippen molar-refractivity contribution in [2.24, 2.45) is 0 Å². The third kappa shape index (κ3) is 4.40. The number of sulfone groups is 1. The lowest BCUT2D eigenvalue weighted by molar-refractivity contribution is 0.0786. The van der Waals surface area contributed by atoms with Crippen LogP contribution in [-0.2, 0) is 9.84 Å². The van der Waals surface area contributed by atoms with Gasteiger partial charge in [0, 0.05) is 13.6 Å². The van der Waals surface area contributed by atoms with E-state index in [-0.39, 0.29) is 23.5 Å². The van der Waals surface area contributed by atoms with E-state index in [0.29, 0.717) is 18.7 Å². The molecule has 1 unspecified atom stereocenters. The van der Waals surface area contributed by atoms with Crippen LogP contribution in [0.25, 0.3) is 11.3 Å². The number of aryl methyl sites for hydroxylation is 1. The molecule has 2 aromatic rings. The first kappa shape index (κ1) is 19.6. The molecule has 0 bridgehead atoms. The van der Waals surface area contributed by atoms with Crippen LogP contribution in [0, 0.1) is 6.92 Å². The molecule has 1 aliphatic rings. The number of hydrogen-bond donors (Lipinski definition) is 0. The fourth-order valence-electron chi connectivity index (χ4n) is 3.38. The Balaban J connectivity index is 1.98. The number of nitrogens with zero attached hydrogens (tertiary/aromatic N) is 3. The van der Waals surface area contributed by atoms with Crippen molar-refractivity contribution in [2.75, 3.05) is 25.1 Å². The molecule has 0 N–H and O–H groups in total. The fraction of sp³-hybridized carbons (Fsp3) is 0.500. The zero-order valence-electron chi connectivity index (χ0n) is 16.2. The average Bonchev–Trinajstić information content (AvgIpc) is 3.23. The molecule has 1 fully saturated rings. The highest BCUT2D eigenvalue weighted by Crippen LogP contribution is 2.30. The van der Waals surface area contributed by atoms with Crippen LogP contribution in [0.15, 0.2) is 30.3 Å². The van der Waals surface area contributed by atoms with Gasteiger partial charge in [-0.05, 0) is 31.4 Å². The molecule has 6 nitrogen and oxygen atoms in total. The second-order valence-electron chi connectivity index (χ2n) is 7.36. The van der Waals surface area contributed by atoms with Gasteiger partial charge < -0.3 is 4.90 Å². The molecule has 1 saturated heterocycles. The monoisotopic (exact) mass is 389 g/mol. The Bertz CT molecular complexity index is 916. The lowest BCUT2D eigenvalue weighted by Crippen LogP contribution is -2.28. The average molecular weight is 390 g/mol. The molecule has 2 heterocycles. The van der Waals surface area contributed by atoms with Gasteiger partial charge >= 0.3 is 0 Å². The highest BCUT2D eigenvalue weighted by molar-refractivity contribution is 7.91. The predicted molar refractivity (Wildman–Crippen MR) is 107 cm³/mol. The van der Waals surface area contributed by atoms with Crippen molar-refractivity contribution < 1.29 is 13.2 Å². The van der Waals surface area contributed by atoms with Crippen LogP contribution in [0.4, 0.5) is 0 Å². The zero-order valence-corrected chi connectivity index (χ0v) is 17.0. The standard InChI is InChI=1S/C20H27N3O3S/c1-4-5-11-22(3)20(24)18-13-19(16-8-6-15(2)7-9-16)23(21-18)17-10-12-27(25,26)14-17/h6-9,13,17H,4-5,10-12,14H2,1-3H3. The minimum absolute atomic E-state index is 0.0762. The van der Waals surface area contributed by atoms with Crippen molar-refractivity contribution >= 4 is 15.7 Å². The molecular formula is C20H27N3O3S. The van der Waals surface area contributed by atoms with E-state index in [4.69, 9.17) is 0 Å². The lowest BCUT2D eigenvalue weighted by Gasteiger charge is -2.15. The minimum atomic E-state index is -3.04. The Labute approximate surface area is 161 Å². The van der Waals surface area contributed by atoms with Gasteiger partial charge in [0.05, 0.1) is 23.2 Å². The summed E-state index contributed by atoms with van der Waals surface area (Å²) in [5.74, 6) is 0.119. The van der Waals surface area contributed by atoms with Crippen LogP contribution >= 0.6 is 0 Å². The van der Waals surface area contributed by atoms with Gasteiger partial charge in [-0.25, -0.2) is 8.42 Å². The molecule has 0 radical (unpaired) electrons. The number of aromatic nitrogens is 2. The molecule has 1 aromatic heterocycles. The van der Waals surface area contributed by atoms with Gasteiger partial charge in [0.1, 0.15) is 0 Å². The van der Waals surface area contributed by atoms with Gasteiger partial charge in [0.15, 0.2) is 15.5 Å². The highest BCUT2D eigenvalue weighted by Gasteiger charge is 2.32. The predicted octanol–water partition coefficient (Wildman–Crippen LogP) is 3.09. The molecule has 1 amide bonds. The van der Waals surface area contributed by atoms with Crippen molar-refractivity contribution in [1.29, 1.82) is 0 Å². The summed E-state index contributed by atoms with van der Waals surface area (Å²) >= 11 is 0. The van der Waals surface area contributed by atoms with Gasteiger partial charge in [0.25, 0.3) is 5.91 Å². The number of carbonyl (C=O) groups excluding carboxylic acids is 1. The van der Waals surface area contributed by atoms with Crippen LogP contribution < -0.4 is 0 Å². The Kier molecular flexibility index (Phi) is 5.69. The van der Waals surface area contributed by atoms with Gasteiger partial charge in [0.2, 0.25) is 0 Å². The summed E-state index contributed by atoms with van der Waals surface area (Å²) in [4.78, 5) is 14.5. The Morgan fingerprint density at radius 2 is 2.00 bits per heavy atom. The molecule has 146 valence electrons. The number of carbonyl (C=O) groups is 1. The molecule has 0 aliphatic carbocycles. The quantitative estimate of drug-likeness (QED) is 0.761. The molecule has 1 atom stereocenters. The number of benzene rings is 1. The lowest BCUT2D eigenvalue weighted by atomic mass is 10.1. The minimum Gasteiger partial charge on any atom is -0.340 e. The maximum atomic E-state index is 12.8. The van der Waals surface area contributed by atoms with Crippen LogP contribution in [0.3, 0.4) is 0 Å². The number of hydrogen-bond acceptors (Lipinski definition) is 4. The molecule has 1 aromatic carbocycles. The normalized spacial score (nSPS) is 18.6. The van der Waals surface area contributed by atoms with Crippen LogP contribution in [0.1, 0.15) is 48.3 Å². The van der Waals surface area contributed by atoms with Gasteiger partial charge in [-0.3, -0.25) is 9.48 Å². The Morgan fingerprint density at radius 3 is 2.59 bits per heavy atom.